The van der Waals surface area contributed by atoms with Crippen LogP contribution in [0.2, 0.25) is 0 Å². The second-order valence-corrected chi connectivity index (χ2v) is 3.57. The third-order valence-corrected chi connectivity index (χ3v) is 2.67. The fraction of sp³-hybridized carbons (Fsp3) is 0.400. The SMILES string of the molecule is N[C@@H]1CCc2cc(F)ccc2[C@H]1N. The number of aryl methyl sites for hydroxylation is 1. The highest BCUT2D eigenvalue weighted by Crippen LogP contribution is 2.27. The normalized spacial score (nSPS) is 27.0. The van der Waals surface area contributed by atoms with Crippen molar-refractivity contribution in [2.45, 2.75) is 24.9 Å². The molecule has 0 unspecified atom stereocenters. The van der Waals surface area contributed by atoms with Crippen molar-refractivity contribution in [1.29, 1.82) is 0 Å². The molecule has 0 bridgehead atoms. The molecule has 0 heterocycles. The standard InChI is InChI=1S/C10H13FN2/c11-7-2-3-8-6(5-7)1-4-9(12)10(8)13/h2-3,5,9-10H,1,4,12-13H2/t9-,10-/m1/s1. The zero-order valence-corrected chi connectivity index (χ0v) is 7.33. The van der Waals surface area contributed by atoms with Gasteiger partial charge in [-0.2, -0.15) is 0 Å². The molecule has 1 aromatic rings. The Morgan fingerprint density at radius 1 is 1.31 bits per heavy atom. The molecule has 13 heavy (non-hydrogen) atoms. The van der Waals surface area contributed by atoms with Gasteiger partial charge in [-0.3, -0.25) is 0 Å². The number of benzene rings is 1. The highest BCUT2D eigenvalue weighted by molar-refractivity contribution is 5.34. The van der Waals surface area contributed by atoms with E-state index in [0.29, 0.717) is 0 Å². The van der Waals surface area contributed by atoms with Gasteiger partial charge in [0.2, 0.25) is 0 Å². The fourth-order valence-corrected chi connectivity index (χ4v) is 1.85. The molecule has 0 aliphatic heterocycles. The minimum atomic E-state index is -0.193. The largest absolute Gasteiger partial charge is 0.326 e. The van der Waals surface area contributed by atoms with E-state index in [1.807, 2.05) is 0 Å². The maximum absolute atomic E-state index is 12.8. The van der Waals surface area contributed by atoms with Gasteiger partial charge in [0.1, 0.15) is 5.82 Å². The number of hydrogen-bond acceptors (Lipinski definition) is 2. The van der Waals surface area contributed by atoms with E-state index in [1.54, 1.807) is 12.1 Å². The number of fused-ring (bicyclic) bond motifs is 1. The first-order valence-corrected chi connectivity index (χ1v) is 4.48. The molecule has 1 aromatic carbocycles. The van der Waals surface area contributed by atoms with Crippen LogP contribution < -0.4 is 11.5 Å². The van der Waals surface area contributed by atoms with Gasteiger partial charge in [-0.25, -0.2) is 4.39 Å². The first kappa shape index (κ1) is 8.66. The number of hydrogen-bond donors (Lipinski definition) is 2. The average Bonchev–Trinajstić information content (AvgIpc) is 2.12. The van der Waals surface area contributed by atoms with Crippen molar-refractivity contribution in [2.75, 3.05) is 0 Å². The summed E-state index contributed by atoms with van der Waals surface area (Å²) >= 11 is 0. The summed E-state index contributed by atoms with van der Waals surface area (Å²) in [6.07, 6.45) is 1.68. The Morgan fingerprint density at radius 2 is 2.08 bits per heavy atom. The number of rotatable bonds is 0. The average molecular weight is 180 g/mol. The second-order valence-electron chi connectivity index (χ2n) is 3.57. The lowest BCUT2D eigenvalue weighted by atomic mass is 9.85. The Kier molecular flexibility index (Phi) is 2.06. The van der Waals surface area contributed by atoms with E-state index in [-0.39, 0.29) is 17.9 Å². The molecule has 1 aliphatic carbocycles. The van der Waals surface area contributed by atoms with Crippen molar-refractivity contribution < 1.29 is 4.39 Å². The van der Waals surface area contributed by atoms with Crippen molar-refractivity contribution in [1.82, 2.24) is 0 Å². The summed E-state index contributed by atoms with van der Waals surface area (Å²) in [7, 11) is 0. The van der Waals surface area contributed by atoms with Crippen LogP contribution in [0.5, 0.6) is 0 Å². The molecular weight excluding hydrogens is 167 g/mol. The van der Waals surface area contributed by atoms with Crippen LogP contribution in [0.4, 0.5) is 4.39 Å². The van der Waals surface area contributed by atoms with Crippen molar-refractivity contribution in [3.63, 3.8) is 0 Å². The Morgan fingerprint density at radius 3 is 2.85 bits per heavy atom. The lowest BCUT2D eigenvalue weighted by molar-refractivity contribution is 0.478. The molecule has 0 saturated heterocycles. The van der Waals surface area contributed by atoms with Crippen LogP contribution in [0.3, 0.4) is 0 Å². The van der Waals surface area contributed by atoms with E-state index in [0.717, 1.165) is 24.0 Å². The Bertz CT molecular complexity index is 325. The zero-order chi connectivity index (χ0) is 9.42. The Labute approximate surface area is 76.7 Å². The second kappa shape index (κ2) is 3.09. The zero-order valence-electron chi connectivity index (χ0n) is 7.33. The van der Waals surface area contributed by atoms with Gasteiger partial charge in [0.25, 0.3) is 0 Å². The maximum Gasteiger partial charge on any atom is 0.123 e. The van der Waals surface area contributed by atoms with E-state index >= 15 is 0 Å². The molecule has 4 N–H and O–H groups in total. The Balaban J connectivity index is 2.44. The van der Waals surface area contributed by atoms with Gasteiger partial charge in [0.15, 0.2) is 0 Å². The molecule has 2 nitrogen and oxygen atoms in total. The van der Waals surface area contributed by atoms with E-state index in [2.05, 4.69) is 0 Å². The van der Waals surface area contributed by atoms with Gasteiger partial charge < -0.3 is 11.5 Å². The molecule has 3 heteroatoms. The maximum atomic E-state index is 12.8. The van der Waals surface area contributed by atoms with Crippen molar-refractivity contribution in [3.8, 4) is 0 Å². The highest BCUT2D eigenvalue weighted by Gasteiger charge is 2.23. The summed E-state index contributed by atoms with van der Waals surface area (Å²) in [5.74, 6) is -0.193. The number of nitrogens with two attached hydrogens (primary N) is 2. The number of halogens is 1. The first-order chi connectivity index (χ1) is 6.18. The molecule has 0 saturated carbocycles. The van der Waals surface area contributed by atoms with Crippen LogP contribution in [0.1, 0.15) is 23.6 Å². The summed E-state index contributed by atoms with van der Waals surface area (Å²) < 4.78 is 12.8. The predicted molar refractivity (Wildman–Crippen MR) is 49.6 cm³/mol. The van der Waals surface area contributed by atoms with Crippen LogP contribution in [-0.2, 0) is 6.42 Å². The molecule has 0 aromatic heterocycles. The molecule has 2 rings (SSSR count). The summed E-state index contributed by atoms with van der Waals surface area (Å²) in [5, 5.41) is 0. The van der Waals surface area contributed by atoms with Crippen molar-refractivity contribution in [3.05, 3.63) is 35.1 Å². The molecule has 0 amide bonds. The van der Waals surface area contributed by atoms with Gasteiger partial charge in [0, 0.05) is 12.1 Å². The van der Waals surface area contributed by atoms with E-state index in [1.165, 1.54) is 6.07 Å². The summed E-state index contributed by atoms with van der Waals surface area (Å²) in [5.41, 5.74) is 13.7. The molecule has 70 valence electrons. The molecule has 0 radical (unpaired) electrons. The fourth-order valence-electron chi connectivity index (χ4n) is 1.85. The molecule has 2 atom stereocenters. The molecule has 1 aliphatic rings. The third-order valence-electron chi connectivity index (χ3n) is 2.67. The van der Waals surface area contributed by atoms with E-state index < -0.39 is 0 Å². The van der Waals surface area contributed by atoms with E-state index in [9.17, 15) is 4.39 Å². The Hall–Kier alpha value is -0.930. The quantitative estimate of drug-likeness (QED) is 0.628. The van der Waals surface area contributed by atoms with Gasteiger partial charge in [-0.1, -0.05) is 6.07 Å². The van der Waals surface area contributed by atoms with Gasteiger partial charge >= 0.3 is 0 Å². The van der Waals surface area contributed by atoms with Crippen LogP contribution in [0.25, 0.3) is 0 Å². The lowest BCUT2D eigenvalue weighted by Crippen LogP contribution is -2.38. The lowest BCUT2D eigenvalue weighted by Gasteiger charge is -2.28. The van der Waals surface area contributed by atoms with Gasteiger partial charge in [-0.15, -0.1) is 0 Å². The molecule has 0 spiro atoms. The van der Waals surface area contributed by atoms with Gasteiger partial charge in [0.05, 0.1) is 0 Å². The monoisotopic (exact) mass is 180 g/mol. The van der Waals surface area contributed by atoms with Crippen LogP contribution in [0, 0.1) is 5.82 Å². The van der Waals surface area contributed by atoms with Crippen molar-refractivity contribution >= 4 is 0 Å². The minimum Gasteiger partial charge on any atom is -0.326 e. The predicted octanol–water partition coefficient (Wildman–Crippen LogP) is 1.10. The summed E-state index contributed by atoms with van der Waals surface area (Å²) in [4.78, 5) is 0. The van der Waals surface area contributed by atoms with Gasteiger partial charge in [-0.05, 0) is 36.1 Å². The third kappa shape index (κ3) is 1.45. The molecular formula is C10H13FN2. The van der Waals surface area contributed by atoms with Crippen molar-refractivity contribution in [2.24, 2.45) is 11.5 Å². The topological polar surface area (TPSA) is 52.0 Å². The van der Waals surface area contributed by atoms with Crippen LogP contribution in [-0.4, -0.2) is 6.04 Å². The smallest absolute Gasteiger partial charge is 0.123 e. The summed E-state index contributed by atoms with van der Waals surface area (Å²) in [6, 6.07) is 4.62. The van der Waals surface area contributed by atoms with Crippen LogP contribution >= 0.6 is 0 Å². The minimum absolute atomic E-state index is 0.0120. The highest BCUT2D eigenvalue weighted by atomic mass is 19.1. The first-order valence-electron chi connectivity index (χ1n) is 4.48. The summed E-state index contributed by atoms with van der Waals surface area (Å²) in [6.45, 7) is 0. The van der Waals surface area contributed by atoms with E-state index in [4.69, 9.17) is 11.5 Å². The van der Waals surface area contributed by atoms with Crippen LogP contribution in [0.15, 0.2) is 18.2 Å². The molecule has 0 fully saturated rings.